The van der Waals surface area contributed by atoms with E-state index in [0.717, 1.165) is 16.7 Å². The van der Waals surface area contributed by atoms with Crippen molar-refractivity contribution >= 4 is 17.9 Å². The number of carbonyl (C=O) groups is 3. The number of amides is 3. The van der Waals surface area contributed by atoms with E-state index in [-0.39, 0.29) is 12.5 Å². The maximum atomic E-state index is 13.3. The lowest BCUT2D eigenvalue weighted by Crippen LogP contribution is -2.56. The van der Waals surface area contributed by atoms with E-state index < -0.39 is 35.9 Å². The molecule has 0 saturated carbocycles. The summed E-state index contributed by atoms with van der Waals surface area (Å²) in [4.78, 5) is 38.3. The van der Waals surface area contributed by atoms with Gasteiger partial charge >= 0.3 is 6.09 Å². The first-order valence-electron chi connectivity index (χ1n) is 11.5. The van der Waals surface area contributed by atoms with Crippen molar-refractivity contribution in [2.75, 3.05) is 0 Å². The van der Waals surface area contributed by atoms with Crippen LogP contribution in [0.3, 0.4) is 0 Å². The van der Waals surface area contributed by atoms with E-state index in [0.29, 0.717) is 0 Å². The topological polar surface area (TPSA) is 111 Å². The van der Waals surface area contributed by atoms with Crippen LogP contribution >= 0.6 is 0 Å². The monoisotopic (exact) mass is 473 g/mol. The molecular weight excluding hydrogens is 442 g/mol. The van der Waals surface area contributed by atoms with Gasteiger partial charge in [-0.2, -0.15) is 0 Å². The lowest BCUT2D eigenvalue weighted by atomic mass is 9.84. The molecule has 0 unspecified atom stereocenters. The van der Waals surface area contributed by atoms with Gasteiger partial charge in [-0.25, -0.2) is 4.79 Å². The number of benzene rings is 3. The van der Waals surface area contributed by atoms with Crippen molar-refractivity contribution in [2.24, 2.45) is 11.7 Å². The van der Waals surface area contributed by atoms with Crippen LogP contribution in [0.1, 0.15) is 36.5 Å². The molecule has 0 aliphatic rings. The van der Waals surface area contributed by atoms with Gasteiger partial charge in [0.25, 0.3) is 0 Å². The number of alkyl carbamates (subject to hydrolysis) is 1. The molecule has 0 aromatic heterocycles. The quantitative estimate of drug-likeness (QED) is 0.417. The van der Waals surface area contributed by atoms with E-state index in [1.54, 1.807) is 13.8 Å². The molecule has 3 rings (SSSR count). The molecule has 7 nitrogen and oxygen atoms in total. The standard InChI is InChI=1S/C28H31N3O4/c1-19(2)24(31-28(34)35-18-20-12-6-3-7-13-20)27(33)30-25(26(29)32)23(21-14-8-4-9-15-21)22-16-10-5-11-17-22/h3-17,19,23-25H,18H2,1-2H3,(H2,29,32)(H,30,33)(H,31,34)/t24-,25+/m0/s1. The van der Waals surface area contributed by atoms with Crippen molar-refractivity contribution in [2.45, 2.75) is 38.5 Å². The molecule has 3 aromatic carbocycles. The molecule has 0 aliphatic heterocycles. The summed E-state index contributed by atoms with van der Waals surface area (Å²) in [6.07, 6.45) is -0.721. The van der Waals surface area contributed by atoms with Gasteiger partial charge in [0, 0.05) is 5.92 Å². The fourth-order valence-electron chi connectivity index (χ4n) is 3.89. The van der Waals surface area contributed by atoms with Crippen molar-refractivity contribution in [3.05, 3.63) is 108 Å². The Labute approximate surface area is 205 Å². The van der Waals surface area contributed by atoms with E-state index in [4.69, 9.17) is 10.5 Å². The van der Waals surface area contributed by atoms with Gasteiger partial charge < -0.3 is 21.1 Å². The maximum Gasteiger partial charge on any atom is 0.408 e. The van der Waals surface area contributed by atoms with Crippen molar-refractivity contribution in [1.82, 2.24) is 10.6 Å². The fourth-order valence-corrected chi connectivity index (χ4v) is 3.89. The molecule has 2 atom stereocenters. The Morgan fingerprint density at radius 1 is 0.743 bits per heavy atom. The summed E-state index contributed by atoms with van der Waals surface area (Å²) in [5, 5.41) is 5.41. The van der Waals surface area contributed by atoms with Crippen LogP contribution < -0.4 is 16.4 Å². The molecule has 0 radical (unpaired) electrons. The third-order valence-electron chi connectivity index (χ3n) is 5.69. The lowest BCUT2D eigenvalue weighted by molar-refractivity contribution is -0.129. The minimum absolute atomic E-state index is 0.0765. The minimum atomic E-state index is -1.03. The summed E-state index contributed by atoms with van der Waals surface area (Å²) < 4.78 is 5.28. The molecule has 0 bridgehead atoms. The van der Waals surface area contributed by atoms with Crippen LogP contribution in [-0.4, -0.2) is 30.0 Å². The van der Waals surface area contributed by atoms with Crippen molar-refractivity contribution in [1.29, 1.82) is 0 Å². The zero-order valence-electron chi connectivity index (χ0n) is 19.9. The third kappa shape index (κ3) is 7.17. The third-order valence-corrected chi connectivity index (χ3v) is 5.69. The molecule has 3 amide bonds. The number of nitrogens with two attached hydrogens (primary N) is 1. The Kier molecular flexibility index (Phi) is 9.01. The number of primary amides is 1. The number of hydrogen-bond acceptors (Lipinski definition) is 4. The predicted octanol–water partition coefficient (Wildman–Crippen LogP) is 3.74. The lowest BCUT2D eigenvalue weighted by Gasteiger charge is -2.29. The zero-order valence-corrected chi connectivity index (χ0v) is 19.9. The Balaban J connectivity index is 1.78. The van der Waals surface area contributed by atoms with Crippen LogP contribution in [-0.2, 0) is 20.9 Å². The van der Waals surface area contributed by atoms with Gasteiger partial charge in [-0.05, 0) is 22.6 Å². The summed E-state index contributed by atoms with van der Waals surface area (Å²) in [7, 11) is 0. The molecule has 0 fully saturated rings. The van der Waals surface area contributed by atoms with Gasteiger partial charge in [0.05, 0.1) is 0 Å². The van der Waals surface area contributed by atoms with E-state index >= 15 is 0 Å². The Bertz CT molecular complexity index is 1070. The first-order valence-corrected chi connectivity index (χ1v) is 11.5. The highest BCUT2D eigenvalue weighted by molar-refractivity contribution is 5.91. The first kappa shape index (κ1) is 25.5. The molecule has 0 heterocycles. The zero-order chi connectivity index (χ0) is 25.2. The molecular formula is C28H31N3O4. The highest BCUT2D eigenvalue weighted by Gasteiger charge is 2.34. The molecule has 0 spiro atoms. The van der Waals surface area contributed by atoms with Gasteiger partial charge in [-0.1, -0.05) is 105 Å². The number of carbonyl (C=O) groups excluding carboxylic acids is 3. The second-order valence-corrected chi connectivity index (χ2v) is 8.62. The predicted molar refractivity (Wildman–Crippen MR) is 134 cm³/mol. The minimum Gasteiger partial charge on any atom is -0.445 e. The van der Waals surface area contributed by atoms with Crippen molar-refractivity contribution in [3.8, 4) is 0 Å². The summed E-state index contributed by atoms with van der Waals surface area (Å²) in [6, 6.07) is 26.1. The molecule has 35 heavy (non-hydrogen) atoms. The van der Waals surface area contributed by atoms with E-state index in [9.17, 15) is 14.4 Å². The molecule has 0 saturated heterocycles. The number of ether oxygens (including phenoxy) is 1. The molecule has 4 N–H and O–H groups in total. The molecule has 3 aromatic rings. The first-order chi connectivity index (χ1) is 16.9. The van der Waals surface area contributed by atoms with Gasteiger partial charge in [-0.3, -0.25) is 9.59 Å². The van der Waals surface area contributed by atoms with Gasteiger partial charge in [-0.15, -0.1) is 0 Å². The van der Waals surface area contributed by atoms with Crippen LogP contribution in [0.15, 0.2) is 91.0 Å². The number of nitrogens with one attached hydrogen (secondary N) is 2. The Morgan fingerprint density at radius 3 is 1.69 bits per heavy atom. The number of hydrogen-bond donors (Lipinski definition) is 3. The average Bonchev–Trinajstić information content (AvgIpc) is 2.87. The second-order valence-electron chi connectivity index (χ2n) is 8.62. The molecule has 7 heteroatoms. The van der Waals surface area contributed by atoms with E-state index in [2.05, 4.69) is 10.6 Å². The van der Waals surface area contributed by atoms with Crippen molar-refractivity contribution in [3.63, 3.8) is 0 Å². The van der Waals surface area contributed by atoms with Gasteiger partial charge in [0.1, 0.15) is 18.7 Å². The van der Waals surface area contributed by atoms with Crippen molar-refractivity contribution < 1.29 is 19.1 Å². The van der Waals surface area contributed by atoms with E-state index in [1.807, 2.05) is 91.0 Å². The van der Waals surface area contributed by atoms with E-state index in [1.165, 1.54) is 0 Å². The average molecular weight is 474 g/mol. The van der Waals surface area contributed by atoms with Crippen LogP contribution in [0.4, 0.5) is 4.79 Å². The Morgan fingerprint density at radius 2 is 1.23 bits per heavy atom. The normalized spacial score (nSPS) is 12.6. The Hall–Kier alpha value is -4.13. The van der Waals surface area contributed by atoms with Gasteiger partial charge in [0.15, 0.2) is 0 Å². The highest BCUT2D eigenvalue weighted by Crippen LogP contribution is 2.28. The summed E-state index contributed by atoms with van der Waals surface area (Å²) in [5.74, 6) is -1.96. The summed E-state index contributed by atoms with van der Waals surface area (Å²) in [5.41, 5.74) is 8.28. The fraction of sp³-hybridized carbons (Fsp3) is 0.250. The SMILES string of the molecule is CC(C)[C@H](NC(=O)OCc1ccccc1)C(=O)N[C@@H](C(N)=O)C(c1ccccc1)c1ccccc1. The van der Waals surface area contributed by atoms with Crippen LogP contribution in [0.2, 0.25) is 0 Å². The smallest absolute Gasteiger partial charge is 0.408 e. The molecule has 182 valence electrons. The number of rotatable bonds is 10. The molecule has 0 aliphatic carbocycles. The highest BCUT2D eigenvalue weighted by atomic mass is 16.5. The van der Waals surface area contributed by atoms with Gasteiger partial charge in [0.2, 0.25) is 11.8 Å². The second kappa shape index (κ2) is 12.4. The largest absolute Gasteiger partial charge is 0.445 e. The van der Waals surface area contributed by atoms with Crippen LogP contribution in [0, 0.1) is 5.92 Å². The summed E-state index contributed by atoms with van der Waals surface area (Å²) in [6.45, 7) is 3.67. The van der Waals surface area contributed by atoms with Crippen LogP contribution in [0.5, 0.6) is 0 Å². The summed E-state index contributed by atoms with van der Waals surface area (Å²) >= 11 is 0. The van der Waals surface area contributed by atoms with Crippen LogP contribution in [0.25, 0.3) is 0 Å². The maximum absolute atomic E-state index is 13.3.